The van der Waals surface area contributed by atoms with Crippen LogP contribution in [0.15, 0.2) is 12.2 Å². The van der Waals surface area contributed by atoms with Gasteiger partial charge in [0.05, 0.1) is 0 Å². The van der Waals surface area contributed by atoms with Crippen molar-refractivity contribution in [2.75, 3.05) is 6.54 Å². The fourth-order valence-electron chi connectivity index (χ4n) is 0.318. The normalized spacial score (nSPS) is 10.6. The molecule has 0 radical (unpaired) electrons. The molecule has 3 N–H and O–H groups in total. The molecule has 42 valence electrons. The first-order valence-corrected chi connectivity index (χ1v) is 2.50. The third kappa shape index (κ3) is 5.66. The minimum Gasteiger partial charge on any atom is -0.271 e. The summed E-state index contributed by atoms with van der Waals surface area (Å²) in [6.45, 7) is 2.86. The summed E-state index contributed by atoms with van der Waals surface area (Å²) in [5.74, 6) is 4.97. The van der Waals surface area contributed by atoms with Crippen LogP contribution in [-0.4, -0.2) is 6.54 Å². The van der Waals surface area contributed by atoms with Gasteiger partial charge in [-0.25, -0.2) is 0 Å². The van der Waals surface area contributed by atoms with E-state index in [-0.39, 0.29) is 0 Å². The molecule has 2 heteroatoms. The maximum atomic E-state index is 4.97. The molecule has 0 bridgehead atoms. The zero-order chi connectivity index (χ0) is 5.54. The average Bonchev–Trinajstić information content (AvgIpc) is 1.69. The summed E-state index contributed by atoms with van der Waals surface area (Å²) in [6, 6.07) is 0. The molecule has 0 saturated carbocycles. The van der Waals surface area contributed by atoms with Crippen molar-refractivity contribution in [3.05, 3.63) is 12.2 Å². The minimum absolute atomic E-state index is 0.772. The van der Waals surface area contributed by atoms with Crippen LogP contribution in [0.2, 0.25) is 0 Å². The van der Waals surface area contributed by atoms with Crippen molar-refractivity contribution in [2.24, 2.45) is 5.84 Å². The number of hydrogen-bond donors (Lipinski definition) is 2. The highest BCUT2D eigenvalue weighted by Gasteiger charge is 1.65. The molecule has 0 saturated heterocycles. The topological polar surface area (TPSA) is 38.0 Å². The lowest BCUT2D eigenvalue weighted by Crippen LogP contribution is -2.21. The fraction of sp³-hybridized carbons (Fsp3) is 0.600. The number of nitrogens with two attached hydrogens (primary N) is 1. The molecule has 0 aliphatic heterocycles. The van der Waals surface area contributed by atoms with Crippen LogP contribution in [0.25, 0.3) is 0 Å². The Morgan fingerprint density at radius 1 is 1.57 bits per heavy atom. The summed E-state index contributed by atoms with van der Waals surface area (Å²) < 4.78 is 0. The predicted molar refractivity (Wildman–Crippen MR) is 31.6 cm³/mol. The monoisotopic (exact) mass is 100 g/mol. The molecular formula is C5H12N2. The summed E-state index contributed by atoms with van der Waals surface area (Å²) >= 11 is 0. The summed E-state index contributed by atoms with van der Waals surface area (Å²) in [5, 5.41) is 0. The summed E-state index contributed by atoms with van der Waals surface area (Å²) in [4.78, 5) is 0. The van der Waals surface area contributed by atoms with Crippen LogP contribution >= 0.6 is 0 Å². The SMILES string of the molecule is CC/C=C\CNN. The molecule has 0 amide bonds. The molecule has 0 spiro atoms. The van der Waals surface area contributed by atoms with Crippen molar-refractivity contribution in [2.45, 2.75) is 13.3 Å². The molecule has 0 aromatic carbocycles. The molecule has 0 aromatic heterocycles. The molecular weight excluding hydrogens is 88.1 g/mol. The first-order valence-electron chi connectivity index (χ1n) is 2.50. The molecule has 0 fully saturated rings. The van der Waals surface area contributed by atoms with E-state index in [0.29, 0.717) is 0 Å². The molecule has 0 aliphatic carbocycles. The van der Waals surface area contributed by atoms with Crippen molar-refractivity contribution in [3.63, 3.8) is 0 Å². The van der Waals surface area contributed by atoms with E-state index in [0.717, 1.165) is 13.0 Å². The van der Waals surface area contributed by atoms with Crippen LogP contribution in [0.3, 0.4) is 0 Å². The number of rotatable bonds is 3. The van der Waals surface area contributed by atoms with Gasteiger partial charge in [-0.3, -0.25) is 11.3 Å². The fourth-order valence-corrected chi connectivity index (χ4v) is 0.318. The summed E-state index contributed by atoms with van der Waals surface area (Å²) in [6.07, 6.45) is 5.15. The smallest absolute Gasteiger partial charge is 0.0278 e. The maximum absolute atomic E-state index is 4.97. The zero-order valence-electron chi connectivity index (χ0n) is 4.65. The first kappa shape index (κ1) is 6.66. The molecule has 2 nitrogen and oxygen atoms in total. The Morgan fingerprint density at radius 2 is 2.29 bits per heavy atom. The van der Waals surface area contributed by atoms with Gasteiger partial charge >= 0.3 is 0 Å². The van der Waals surface area contributed by atoms with Gasteiger partial charge in [0, 0.05) is 6.54 Å². The molecule has 0 unspecified atom stereocenters. The quantitative estimate of drug-likeness (QED) is 0.306. The van der Waals surface area contributed by atoms with E-state index in [1.165, 1.54) is 0 Å². The second-order valence-electron chi connectivity index (χ2n) is 1.29. The number of allylic oxidation sites excluding steroid dienone is 1. The number of hydrazine groups is 1. The van der Waals surface area contributed by atoms with E-state index in [9.17, 15) is 0 Å². The number of nitrogens with one attached hydrogen (secondary N) is 1. The molecule has 0 heterocycles. The van der Waals surface area contributed by atoms with Gasteiger partial charge in [-0.2, -0.15) is 0 Å². The lowest BCUT2D eigenvalue weighted by atomic mass is 10.4. The maximum Gasteiger partial charge on any atom is 0.0278 e. The van der Waals surface area contributed by atoms with Crippen molar-refractivity contribution < 1.29 is 0 Å². The second-order valence-corrected chi connectivity index (χ2v) is 1.29. The second kappa shape index (κ2) is 5.66. The first-order chi connectivity index (χ1) is 3.41. The van der Waals surface area contributed by atoms with Crippen LogP contribution in [0, 0.1) is 0 Å². The van der Waals surface area contributed by atoms with E-state index in [1.807, 2.05) is 6.08 Å². The molecule has 0 atom stereocenters. The van der Waals surface area contributed by atoms with Gasteiger partial charge in [0.25, 0.3) is 0 Å². The molecule has 0 aromatic rings. The van der Waals surface area contributed by atoms with Crippen molar-refractivity contribution in [3.8, 4) is 0 Å². The van der Waals surface area contributed by atoms with Gasteiger partial charge in [0.15, 0.2) is 0 Å². The van der Waals surface area contributed by atoms with Crippen molar-refractivity contribution in [1.82, 2.24) is 5.43 Å². The highest BCUT2D eigenvalue weighted by atomic mass is 15.2. The van der Waals surface area contributed by atoms with Crippen LogP contribution in [0.4, 0.5) is 0 Å². The summed E-state index contributed by atoms with van der Waals surface area (Å²) in [7, 11) is 0. The zero-order valence-corrected chi connectivity index (χ0v) is 4.65. The van der Waals surface area contributed by atoms with E-state index in [2.05, 4.69) is 18.4 Å². The van der Waals surface area contributed by atoms with E-state index in [4.69, 9.17) is 5.84 Å². The molecule has 7 heavy (non-hydrogen) atoms. The van der Waals surface area contributed by atoms with E-state index in [1.54, 1.807) is 0 Å². The Balaban J connectivity index is 2.78. The Morgan fingerprint density at radius 3 is 2.71 bits per heavy atom. The van der Waals surface area contributed by atoms with Crippen molar-refractivity contribution in [1.29, 1.82) is 0 Å². The van der Waals surface area contributed by atoms with Crippen LogP contribution < -0.4 is 11.3 Å². The van der Waals surface area contributed by atoms with Crippen LogP contribution in [0.1, 0.15) is 13.3 Å². The Kier molecular flexibility index (Phi) is 5.39. The van der Waals surface area contributed by atoms with Gasteiger partial charge in [-0.15, -0.1) is 0 Å². The average molecular weight is 100 g/mol. The standard InChI is InChI=1S/C5H12N2/c1-2-3-4-5-7-6/h3-4,7H,2,5-6H2,1H3/b4-3-. The Hall–Kier alpha value is -0.340. The van der Waals surface area contributed by atoms with Gasteiger partial charge < -0.3 is 0 Å². The largest absolute Gasteiger partial charge is 0.271 e. The number of hydrogen-bond acceptors (Lipinski definition) is 2. The van der Waals surface area contributed by atoms with Gasteiger partial charge in [0.2, 0.25) is 0 Å². The van der Waals surface area contributed by atoms with Gasteiger partial charge in [-0.05, 0) is 6.42 Å². The highest BCUT2D eigenvalue weighted by Crippen LogP contribution is 1.74. The third-order valence-corrected chi connectivity index (χ3v) is 0.638. The van der Waals surface area contributed by atoms with E-state index >= 15 is 0 Å². The minimum atomic E-state index is 0.772. The summed E-state index contributed by atoms with van der Waals surface area (Å²) in [5.41, 5.74) is 2.52. The van der Waals surface area contributed by atoms with Crippen LogP contribution in [-0.2, 0) is 0 Å². The van der Waals surface area contributed by atoms with Gasteiger partial charge in [-0.1, -0.05) is 19.1 Å². The Bertz CT molecular complexity index is 50.0. The lowest BCUT2D eigenvalue weighted by molar-refractivity contribution is 0.821. The Labute approximate surface area is 44.4 Å². The predicted octanol–water partition coefficient (Wildman–Crippen LogP) is 0.416. The lowest BCUT2D eigenvalue weighted by Gasteiger charge is -1.84. The molecule has 0 rings (SSSR count). The highest BCUT2D eigenvalue weighted by molar-refractivity contribution is 4.80. The third-order valence-electron chi connectivity index (χ3n) is 0.638. The van der Waals surface area contributed by atoms with E-state index < -0.39 is 0 Å². The van der Waals surface area contributed by atoms with Crippen LogP contribution in [0.5, 0.6) is 0 Å². The van der Waals surface area contributed by atoms with Gasteiger partial charge in [0.1, 0.15) is 0 Å². The molecule has 0 aliphatic rings. The van der Waals surface area contributed by atoms with Crippen molar-refractivity contribution >= 4 is 0 Å².